The summed E-state index contributed by atoms with van der Waals surface area (Å²) in [6.07, 6.45) is 3.11. The quantitative estimate of drug-likeness (QED) is 0.279. The Labute approximate surface area is 301 Å². The molecule has 0 unspecified atom stereocenters. The number of rotatable bonds is 12. The highest BCUT2D eigenvalue weighted by molar-refractivity contribution is 7.98. The van der Waals surface area contributed by atoms with E-state index < -0.39 is 50.7 Å². The van der Waals surface area contributed by atoms with Crippen LogP contribution in [-0.4, -0.2) is 85.0 Å². The van der Waals surface area contributed by atoms with Crippen LogP contribution in [0.5, 0.6) is 0 Å². The van der Waals surface area contributed by atoms with E-state index in [2.05, 4.69) is 10.6 Å². The standard InChI is InChI=1S/C37H51ClN4O7S/c1-8-42(23-28-31(27-19-13-14-20-29(27)38)50(46,47)41(7)37(28)21-15-10-16-22-37)32(43)30(25-48-24-26-17-11-9-12-18-26)39-33(44)36(5,6)40-34(45)49-35(2,3)4/h9,11-14,17-20,30H,8,10,15-16,21-25H2,1-7H3,(H,39,44)(H,40,45)/t30-/m1/s1. The lowest BCUT2D eigenvalue weighted by Gasteiger charge is -2.42. The molecule has 4 rings (SSSR count). The Kier molecular flexibility index (Phi) is 12.5. The number of nitrogens with one attached hydrogen (secondary N) is 2. The van der Waals surface area contributed by atoms with E-state index in [4.69, 9.17) is 21.1 Å². The zero-order valence-corrected chi connectivity index (χ0v) is 31.7. The lowest BCUT2D eigenvalue weighted by molar-refractivity contribution is -0.139. The molecular weight excluding hydrogens is 680 g/mol. The van der Waals surface area contributed by atoms with Gasteiger partial charge in [0.15, 0.2) is 0 Å². The molecule has 0 aromatic heterocycles. The maximum Gasteiger partial charge on any atom is 0.408 e. The number of ether oxygens (including phenoxy) is 2. The summed E-state index contributed by atoms with van der Waals surface area (Å²) in [5, 5.41) is 5.70. The Morgan fingerprint density at radius 2 is 1.60 bits per heavy atom. The topological polar surface area (TPSA) is 134 Å². The fraction of sp³-hybridized carbons (Fsp3) is 0.541. The minimum atomic E-state index is -3.96. The number of alkyl carbamates (subject to hydrolysis) is 1. The number of benzene rings is 2. The number of halogens is 1. The molecule has 50 heavy (non-hydrogen) atoms. The van der Waals surface area contributed by atoms with Gasteiger partial charge in [-0.15, -0.1) is 0 Å². The van der Waals surface area contributed by atoms with Crippen molar-refractivity contribution in [3.63, 3.8) is 0 Å². The molecule has 274 valence electrons. The molecule has 0 radical (unpaired) electrons. The van der Waals surface area contributed by atoms with E-state index in [1.807, 2.05) is 37.3 Å². The summed E-state index contributed by atoms with van der Waals surface area (Å²) in [6, 6.07) is 15.1. The molecule has 3 amide bonds. The molecule has 0 saturated heterocycles. The number of sulfonamides is 1. The van der Waals surface area contributed by atoms with Gasteiger partial charge in [-0.25, -0.2) is 13.2 Å². The van der Waals surface area contributed by atoms with Gasteiger partial charge in [-0.05, 0) is 71.6 Å². The van der Waals surface area contributed by atoms with Crippen LogP contribution in [-0.2, 0) is 35.7 Å². The molecule has 2 N–H and O–H groups in total. The number of likely N-dealkylation sites (N-methyl/N-ethyl adjacent to an activating group) is 2. The van der Waals surface area contributed by atoms with Crippen LogP contribution >= 0.6 is 11.6 Å². The first-order chi connectivity index (χ1) is 23.4. The Hall–Kier alpha value is -3.45. The van der Waals surface area contributed by atoms with E-state index in [1.165, 1.54) is 18.2 Å². The van der Waals surface area contributed by atoms with Crippen LogP contribution in [0.1, 0.15) is 84.8 Å². The first-order valence-electron chi connectivity index (χ1n) is 17.1. The molecule has 1 atom stereocenters. The molecule has 13 heteroatoms. The van der Waals surface area contributed by atoms with Gasteiger partial charge in [0.2, 0.25) is 21.8 Å². The Bertz CT molecular complexity index is 1680. The Balaban J connectivity index is 1.70. The summed E-state index contributed by atoms with van der Waals surface area (Å²) in [7, 11) is -2.35. The fourth-order valence-electron chi connectivity index (χ4n) is 6.60. The third-order valence-corrected chi connectivity index (χ3v) is 11.7. The zero-order chi connectivity index (χ0) is 36.9. The van der Waals surface area contributed by atoms with Gasteiger partial charge in [-0.3, -0.25) is 9.59 Å². The van der Waals surface area contributed by atoms with Crippen molar-refractivity contribution >= 4 is 44.4 Å². The average molecular weight is 731 g/mol. The first kappa shape index (κ1) is 39.3. The Morgan fingerprint density at radius 3 is 2.20 bits per heavy atom. The van der Waals surface area contributed by atoms with Gasteiger partial charge in [-0.2, -0.15) is 4.31 Å². The molecule has 2 aliphatic rings. The normalized spacial score (nSPS) is 18.1. The minimum Gasteiger partial charge on any atom is -0.444 e. The van der Waals surface area contributed by atoms with E-state index >= 15 is 0 Å². The minimum absolute atomic E-state index is 0.00403. The molecule has 0 bridgehead atoms. The van der Waals surface area contributed by atoms with Crippen LogP contribution in [0, 0.1) is 0 Å². The van der Waals surface area contributed by atoms with Crippen molar-refractivity contribution in [3.05, 3.63) is 76.3 Å². The van der Waals surface area contributed by atoms with E-state index in [0.29, 0.717) is 29.0 Å². The fourth-order valence-corrected chi connectivity index (χ4v) is 8.93. The molecule has 1 fully saturated rings. The number of amides is 3. The number of carbonyl (C=O) groups excluding carboxylic acids is 3. The number of hydrogen-bond donors (Lipinski definition) is 2. The second-order valence-electron chi connectivity index (χ2n) is 14.5. The molecule has 1 spiro atoms. The van der Waals surface area contributed by atoms with E-state index in [1.54, 1.807) is 57.0 Å². The van der Waals surface area contributed by atoms with Crippen LogP contribution < -0.4 is 10.6 Å². The summed E-state index contributed by atoms with van der Waals surface area (Å²) in [5.41, 5.74) is -1.15. The number of nitrogens with zero attached hydrogens (tertiary/aromatic N) is 2. The molecule has 2 aromatic carbocycles. The van der Waals surface area contributed by atoms with Crippen LogP contribution in [0.15, 0.2) is 60.2 Å². The Morgan fingerprint density at radius 1 is 0.980 bits per heavy atom. The smallest absolute Gasteiger partial charge is 0.408 e. The van der Waals surface area contributed by atoms with Gasteiger partial charge in [0, 0.05) is 30.7 Å². The van der Waals surface area contributed by atoms with Gasteiger partial charge >= 0.3 is 6.09 Å². The summed E-state index contributed by atoms with van der Waals surface area (Å²) < 4.78 is 41.2. The van der Waals surface area contributed by atoms with Gasteiger partial charge in [0.1, 0.15) is 17.2 Å². The first-order valence-corrected chi connectivity index (χ1v) is 18.9. The third kappa shape index (κ3) is 8.88. The molecule has 1 aliphatic carbocycles. The second-order valence-corrected chi connectivity index (χ2v) is 16.8. The predicted molar refractivity (Wildman–Crippen MR) is 195 cm³/mol. The van der Waals surface area contributed by atoms with Crippen molar-refractivity contribution in [3.8, 4) is 0 Å². The van der Waals surface area contributed by atoms with Crippen LogP contribution in [0.4, 0.5) is 4.79 Å². The van der Waals surface area contributed by atoms with E-state index in [-0.39, 0.29) is 31.2 Å². The van der Waals surface area contributed by atoms with Crippen molar-refractivity contribution in [2.24, 2.45) is 0 Å². The van der Waals surface area contributed by atoms with Crippen molar-refractivity contribution < 1.29 is 32.3 Å². The van der Waals surface area contributed by atoms with Crippen LogP contribution in [0.25, 0.3) is 4.91 Å². The van der Waals surface area contributed by atoms with Crippen LogP contribution in [0.2, 0.25) is 5.02 Å². The zero-order valence-electron chi connectivity index (χ0n) is 30.2. The highest BCUT2D eigenvalue weighted by Gasteiger charge is 2.54. The maximum atomic E-state index is 14.5. The number of carbonyl (C=O) groups is 3. The lowest BCUT2D eigenvalue weighted by Crippen LogP contribution is -2.61. The average Bonchev–Trinajstić information content (AvgIpc) is 3.19. The summed E-state index contributed by atoms with van der Waals surface area (Å²) in [5.74, 6) is -1.07. The van der Waals surface area contributed by atoms with Crippen molar-refractivity contribution in [2.45, 2.75) is 103 Å². The molecule has 1 heterocycles. The second kappa shape index (κ2) is 15.8. The molecular formula is C37H51ClN4O7S. The summed E-state index contributed by atoms with van der Waals surface area (Å²) >= 11 is 6.63. The van der Waals surface area contributed by atoms with Gasteiger partial charge in [0.25, 0.3) is 0 Å². The van der Waals surface area contributed by atoms with Gasteiger partial charge in [-0.1, -0.05) is 79.4 Å². The molecule has 2 aromatic rings. The maximum absolute atomic E-state index is 14.5. The molecule has 1 aliphatic heterocycles. The highest BCUT2D eigenvalue weighted by Crippen LogP contribution is 2.52. The van der Waals surface area contributed by atoms with E-state index in [9.17, 15) is 22.8 Å². The summed E-state index contributed by atoms with van der Waals surface area (Å²) in [4.78, 5) is 42.5. The lowest BCUT2D eigenvalue weighted by atomic mass is 9.75. The van der Waals surface area contributed by atoms with Crippen molar-refractivity contribution in [1.82, 2.24) is 19.8 Å². The number of hydrogen-bond acceptors (Lipinski definition) is 7. The monoisotopic (exact) mass is 730 g/mol. The van der Waals surface area contributed by atoms with Gasteiger partial charge in [0.05, 0.1) is 23.7 Å². The van der Waals surface area contributed by atoms with Gasteiger partial charge < -0.3 is 25.0 Å². The van der Waals surface area contributed by atoms with E-state index in [0.717, 1.165) is 24.8 Å². The largest absolute Gasteiger partial charge is 0.444 e. The van der Waals surface area contributed by atoms with Crippen molar-refractivity contribution in [2.75, 3.05) is 26.7 Å². The van der Waals surface area contributed by atoms with Crippen LogP contribution in [0.3, 0.4) is 0 Å². The third-order valence-electron chi connectivity index (χ3n) is 9.28. The highest BCUT2D eigenvalue weighted by atomic mass is 35.5. The SMILES string of the molecule is CCN(CC1=C(c2ccccc2Cl)S(=O)(=O)N(C)C12CCCCC2)C(=O)[C@@H](COCc1ccccc1)NC(=O)C(C)(C)NC(=O)OC(C)(C)C. The predicted octanol–water partition coefficient (Wildman–Crippen LogP) is 5.88. The molecule has 11 nitrogen and oxygen atoms in total. The summed E-state index contributed by atoms with van der Waals surface area (Å²) in [6.45, 7) is 10.3. The van der Waals surface area contributed by atoms with Crippen molar-refractivity contribution in [1.29, 1.82) is 0 Å². The molecule has 1 saturated carbocycles.